The van der Waals surface area contributed by atoms with Gasteiger partial charge in [0.15, 0.2) is 0 Å². The number of hydrogen-bond donors (Lipinski definition) is 1. The SMILES string of the molecule is c1ccc(CCCCOCCCCCCNc2ccc3c(c2)N(Cc2cn(C(c4ccccc4)(c4ccccc4)c4ccccc4)cn2)CCO3)cc1. The standard InChI is InChI=1S/C47H52N4O2/c1(2-17-32-52-33-18-15-21-39-19-7-3-8-20-39)16-30-48-43-28-29-46-45(35-43)50(31-34-53-46)36-44-37-51(38-49-44)47(40-22-9-4-10-23-40,41-24-11-5-12-25-41)42-26-13-6-14-27-42/h3-14,19-20,22-29,35,37-38,48H,1-2,15-18,21,30-34,36H2. The first kappa shape index (κ1) is 36.0. The van der Waals surface area contributed by atoms with Crippen molar-refractivity contribution in [1.82, 2.24) is 9.55 Å². The fourth-order valence-corrected chi connectivity index (χ4v) is 7.55. The van der Waals surface area contributed by atoms with Crippen LogP contribution < -0.4 is 15.0 Å². The maximum atomic E-state index is 6.10. The molecule has 0 saturated heterocycles. The Balaban J connectivity index is 0.943. The second kappa shape index (κ2) is 18.4. The summed E-state index contributed by atoms with van der Waals surface area (Å²) in [6.45, 7) is 4.83. The molecule has 5 aromatic carbocycles. The van der Waals surface area contributed by atoms with Crippen molar-refractivity contribution in [2.45, 2.75) is 57.0 Å². The van der Waals surface area contributed by atoms with Gasteiger partial charge in [-0.25, -0.2) is 4.98 Å². The van der Waals surface area contributed by atoms with Crippen LogP contribution in [0.15, 0.2) is 152 Å². The molecule has 1 aromatic heterocycles. The molecule has 0 unspecified atom stereocenters. The maximum Gasteiger partial charge on any atom is 0.142 e. The third-order valence-corrected chi connectivity index (χ3v) is 10.3. The highest BCUT2D eigenvalue weighted by Gasteiger charge is 2.38. The van der Waals surface area contributed by atoms with Gasteiger partial charge in [-0.3, -0.25) is 0 Å². The molecule has 0 bridgehead atoms. The van der Waals surface area contributed by atoms with Crippen molar-refractivity contribution in [3.8, 4) is 5.75 Å². The summed E-state index contributed by atoms with van der Waals surface area (Å²) in [5, 5.41) is 3.66. The molecule has 1 aliphatic rings. The number of imidazole rings is 1. The summed E-state index contributed by atoms with van der Waals surface area (Å²) in [6, 6.07) is 49.5. The van der Waals surface area contributed by atoms with Gasteiger partial charge in [0, 0.05) is 31.6 Å². The molecule has 0 aliphatic carbocycles. The van der Waals surface area contributed by atoms with Crippen LogP contribution in [-0.4, -0.2) is 42.5 Å². The number of unbranched alkanes of at least 4 members (excludes halogenated alkanes) is 4. The third kappa shape index (κ3) is 9.01. The summed E-state index contributed by atoms with van der Waals surface area (Å²) in [4.78, 5) is 7.42. The predicted molar refractivity (Wildman–Crippen MR) is 217 cm³/mol. The van der Waals surface area contributed by atoms with E-state index in [9.17, 15) is 0 Å². The van der Waals surface area contributed by atoms with E-state index in [1.807, 2.05) is 6.33 Å². The lowest BCUT2D eigenvalue weighted by Crippen LogP contribution is -2.37. The first-order valence-electron chi connectivity index (χ1n) is 19.4. The van der Waals surface area contributed by atoms with Gasteiger partial charge in [-0.1, -0.05) is 134 Å². The van der Waals surface area contributed by atoms with Crippen LogP contribution in [0.3, 0.4) is 0 Å². The molecule has 0 spiro atoms. The number of rotatable bonds is 19. The second-order valence-electron chi connectivity index (χ2n) is 13.9. The second-order valence-corrected chi connectivity index (χ2v) is 13.9. The molecule has 53 heavy (non-hydrogen) atoms. The molecule has 7 rings (SSSR count). The minimum Gasteiger partial charge on any atom is -0.490 e. The van der Waals surface area contributed by atoms with Crippen molar-refractivity contribution in [2.24, 2.45) is 0 Å². The molecule has 6 aromatic rings. The number of fused-ring (bicyclic) bond motifs is 1. The normalized spacial score (nSPS) is 12.6. The van der Waals surface area contributed by atoms with Crippen LogP contribution in [0.25, 0.3) is 0 Å². The van der Waals surface area contributed by atoms with Crippen LogP contribution in [0.1, 0.15) is 66.5 Å². The fraction of sp³-hybridized carbons (Fsp3) is 0.298. The van der Waals surface area contributed by atoms with Crippen LogP contribution in [0.4, 0.5) is 11.4 Å². The molecule has 0 atom stereocenters. The molecule has 2 heterocycles. The smallest absolute Gasteiger partial charge is 0.142 e. The van der Waals surface area contributed by atoms with Gasteiger partial charge in [-0.05, 0) is 72.6 Å². The number of anilines is 2. The van der Waals surface area contributed by atoms with Gasteiger partial charge in [0.1, 0.15) is 17.9 Å². The lowest BCUT2D eigenvalue weighted by atomic mass is 9.77. The number of ether oxygens (including phenoxy) is 2. The van der Waals surface area contributed by atoms with Crippen LogP contribution >= 0.6 is 0 Å². The molecule has 0 saturated carbocycles. The van der Waals surface area contributed by atoms with E-state index in [0.717, 1.165) is 74.8 Å². The number of hydrogen-bond acceptors (Lipinski definition) is 5. The van der Waals surface area contributed by atoms with E-state index in [1.165, 1.54) is 41.5 Å². The Morgan fingerprint density at radius 1 is 0.660 bits per heavy atom. The Morgan fingerprint density at radius 2 is 1.26 bits per heavy atom. The van der Waals surface area contributed by atoms with Crippen molar-refractivity contribution in [2.75, 3.05) is 43.1 Å². The average Bonchev–Trinajstić information content (AvgIpc) is 3.69. The zero-order valence-electron chi connectivity index (χ0n) is 30.8. The monoisotopic (exact) mass is 704 g/mol. The van der Waals surface area contributed by atoms with E-state index < -0.39 is 5.54 Å². The Bertz CT molecular complexity index is 1850. The van der Waals surface area contributed by atoms with Crippen molar-refractivity contribution in [1.29, 1.82) is 0 Å². The minimum absolute atomic E-state index is 0.579. The van der Waals surface area contributed by atoms with E-state index in [4.69, 9.17) is 14.5 Å². The highest BCUT2D eigenvalue weighted by Crippen LogP contribution is 2.41. The molecule has 0 fully saturated rings. The summed E-state index contributed by atoms with van der Waals surface area (Å²) < 4.78 is 14.3. The lowest BCUT2D eigenvalue weighted by molar-refractivity contribution is 0.126. The number of nitrogens with one attached hydrogen (secondary N) is 1. The van der Waals surface area contributed by atoms with E-state index in [-0.39, 0.29) is 0 Å². The first-order valence-corrected chi connectivity index (χ1v) is 19.4. The van der Waals surface area contributed by atoms with E-state index in [2.05, 4.69) is 161 Å². The van der Waals surface area contributed by atoms with Gasteiger partial charge in [0.25, 0.3) is 0 Å². The molecule has 6 nitrogen and oxygen atoms in total. The van der Waals surface area contributed by atoms with Crippen LogP contribution in [0, 0.1) is 0 Å². The predicted octanol–water partition coefficient (Wildman–Crippen LogP) is 10.1. The zero-order valence-corrected chi connectivity index (χ0v) is 30.8. The molecular formula is C47H52N4O2. The van der Waals surface area contributed by atoms with E-state index in [1.54, 1.807) is 0 Å². The van der Waals surface area contributed by atoms with E-state index in [0.29, 0.717) is 13.2 Å². The lowest BCUT2D eigenvalue weighted by Gasteiger charge is -2.37. The van der Waals surface area contributed by atoms with Gasteiger partial charge in [0.05, 0.1) is 30.8 Å². The summed E-state index contributed by atoms with van der Waals surface area (Å²) in [5.74, 6) is 0.925. The van der Waals surface area contributed by atoms with Gasteiger partial charge < -0.3 is 24.3 Å². The first-order chi connectivity index (χ1) is 26.3. The molecule has 1 N–H and O–H groups in total. The highest BCUT2D eigenvalue weighted by atomic mass is 16.5. The van der Waals surface area contributed by atoms with Gasteiger partial charge >= 0.3 is 0 Å². The summed E-state index contributed by atoms with van der Waals surface area (Å²) in [6.07, 6.45) is 12.3. The Labute approximate surface area is 315 Å². The topological polar surface area (TPSA) is 51.5 Å². The van der Waals surface area contributed by atoms with E-state index >= 15 is 0 Å². The van der Waals surface area contributed by atoms with Crippen molar-refractivity contribution in [3.05, 3.63) is 180 Å². The maximum absolute atomic E-state index is 6.10. The van der Waals surface area contributed by atoms with Crippen LogP contribution in [-0.2, 0) is 23.2 Å². The molecule has 272 valence electrons. The molecule has 0 amide bonds. The Kier molecular flexibility index (Phi) is 12.5. The number of benzene rings is 5. The Morgan fingerprint density at radius 3 is 1.92 bits per heavy atom. The molecule has 1 aliphatic heterocycles. The van der Waals surface area contributed by atoms with Gasteiger partial charge in [-0.2, -0.15) is 0 Å². The highest BCUT2D eigenvalue weighted by molar-refractivity contribution is 5.67. The molecule has 0 radical (unpaired) electrons. The number of nitrogens with zero attached hydrogens (tertiary/aromatic N) is 3. The third-order valence-electron chi connectivity index (χ3n) is 10.3. The summed E-state index contributed by atoms with van der Waals surface area (Å²) in [5.41, 5.74) is 7.65. The Hall–Kier alpha value is -5.33. The quantitative estimate of drug-likeness (QED) is 0.0672. The van der Waals surface area contributed by atoms with Crippen molar-refractivity contribution < 1.29 is 9.47 Å². The summed E-state index contributed by atoms with van der Waals surface area (Å²) in [7, 11) is 0. The minimum atomic E-state index is -0.579. The van der Waals surface area contributed by atoms with Gasteiger partial charge in [0.2, 0.25) is 0 Å². The van der Waals surface area contributed by atoms with Gasteiger partial charge in [-0.15, -0.1) is 0 Å². The number of aromatic nitrogens is 2. The molecular weight excluding hydrogens is 653 g/mol. The van der Waals surface area contributed by atoms with Crippen molar-refractivity contribution in [3.63, 3.8) is 0 Å². The zero-order chi connectivity index (χ0) is 36.0. The summed E-state index contributed by atoms with van der Waals surface area (Å²) >= 11 is 0. The number of aryl methyl sites for hydroxylation is 1. The van der Waals surface area contributed by atoms with Crippen LogP contribution in [0.2, 0.25) is 0 Å². The molecule has 6 heteroatoms. The fourth-order valence-electron chi connectivity index (χ4n) is 7.55. The van der Waals surface area contributed by atoms with Crippen LogP contribution in [0.5, 0.6) is 5.75 Å². The average molecular weight is 705 g/mol. The van der Waals surface area contributed by atoms with Crippen molar-refractivity contribution >= 4 is 11.4 Å². The largest absolute Gasteiger partial charge is 0.490 e.